The summed E-state index contributed by atoms with van der Waals surface area (Å²) >= 11 is 0. The number of ether oxygens (including phenoxy) is 1. The summed E-state index contributed by atoms with van der Waals surface area (Å²) in [6, 6.07) is 13.0. The Bertz CT molecular complexity index is 1150. The third-order valence-electron chi connectivity index (χ3n) is 7.23. The van der Waals surface area contributed by atoms with Crippen molar-refractivity contribution in [2.24, 2.45) is 5.92 Å². The standard InChI is InChI=1S/C27H31N5O3/c1-35-23-7-4-6-21(18-23)26(33)30-16-11-20(12-17-30)24-8-2-3-14-31(24)27(34)22-9-10-25(28-19-22)32-15-5-13-29-32/h4-7,9-10,13,15,18-20,24H,2-3,8,11-12,14,16-17H2,1H3. The van der Waals surface area contributed by atoms with Gasteiger partial charge < -0.3 is 14.5 Å². The first kappa shape index (κ1) is 23.1. The van der Waals surface area contributed by atoms with Crippen LogP contribution >= 0.6 is 0 Å². The van der Waals surface area contributed by atoms with Gasteiger partial charge in [0.1, 0.15) is 5.75 Å². The maximum Gasteiger partial charge on any atom is 0.255 e. The fourth-order valence-corrected chi connectivity index (χ4v) is 5.34. The predicted molar refractivity (Wildman–Crippen MR) is 132 cm³/mol. The summed E-state index contributed by atoms with van der Waals surface area (Å²) in [6.07, 6.45) is 10.2. The van der Waals surface area contributed by atoms with Crippen LogP contribution in [0.1, 0.15) is 52.8 Å². The zero-order valence-electron chi connectivity index (χ0n) is 20.0. The van der Waals surface area contributed by atoms with Gasteiger partial charge in [0.25, 0.3) is 11.8 Å². The number of piperidine rings is 2. The average Bonchev–Trinajstić information content (AvgIpc) is 3.48. The second-order valence-electron chi connectivity index (χ2n) is 9.28. The number of pyridine rings is 1. The molecule has 4 heterocycles. The van der Waals surface area contributed by atoms with Gasteiger partial charge in [0, 0.05) is 49.8 Å². The van der Waals surface area contributed by atoms with E-state index >= 15 is 0 Å². The number of rotatable bonds is 5. The monoisotopic (exact) mass is 473 g/mol. The van der Waals surface area contributed by atoms with Crippen LogP contribution in [0.5, 0.6) is 5.75 Å². The van der Waals surface area contributed by atoms with Gasteiger partial charge in [-0.05, 0) is 74.4 Å². The maximum absolute atomic E-state index is 13.5. The predicted octanol–water partition coefficient (Wildman–Crippen LogP) is 3.82. The van der Waals surface area contributed by atoms with E-state index in [1.54, 1.807) is 30.3 Å². The number of carbonyl (C=O) groups excluding carboxylic acids is 2. The van der Waals surface area contributed by atoms with Crippen LogP contribution in [0, 0.1) is 5.92 Å². The van der Waals surface area contributed by atoms with Gasteiger partial charge >= 0.3 is 0 Å². The quantitative estimate of drug-likeness (QED) is 0.563. The van der Waals surface area contributed by atoms with Crippen LogP contribution in [0.15, 0.2) is 61.1 Å². The second kappa shape index (κ2) is 10.3. The molecule has 0 bridgehead atoms. The minimum atomic E-state index is 0.0438. The van der Waals surface area contributed by atoms with Crippen LogP contribution in [0.4, 0.5) is 0 Å². The van der Waals surface area contributed by atoms with E-state index in [9.17, 15) is 9.59 Å². The molecule has 2 fully saturated rings. The number of benzene rings is 1. The first-order valence-corrected chi connectivity index (χ1v) is 12.3. The van der Waals surface area contributed by atoms with Crippen LogP contribution in [0.2, 0.25) is 0 Å². The van der Waals surface area contributed by atoms with E-state index in [2.05, 4.69) is 15.0 Å². The van der Waals surface area contributed by atoms with Crippen molar-refractivity contribution in [2.75, 3.05) is 26.7 Å². The first-order valence-electron chi connectivity index (χ1n) is 12.3. The number of methoxy groups -OCH3 is 1. The van der Waals surface area contributed by atoms with Crippen molar-refractivity contribution in [3.05, 3.63) is 72.2 Å². The minimum absolute atomic E-state index is 0.0438. The molecular weight excluding hydrogens is 442 g/mol. The van der Waals surface area contributed by atoms with E-state index in [0.717, 1.165) is 38.6 Å². The van der Waals surface area contributed by atoms with E-state index in [4.69, 9.17) is 4.74 Å². The lowest BCUT2D eigenvalue weighted by atomic mass is 9.83. The molecule has 1 unspecified atom stereocenters. The molecule has 5 rings (SSSR count). The maximum atomic E-state index is 13.5. The summed E-state index contributed by atoms with van der Waals surface area (Å²) in [6.45, 7) is 2.19. The normalized spacial score (nSPS) is 18.9. The van der Waals surface area contributed by atoms with Crippen LogP contribution in [0.25, 0.3) is 5.82 Å². The van der Waals surface area contributed by atoms with Gasteiger partial charge in [-0.3, -0.25) is 9.59 Å². The number of likely N-dealkylation sites (tertiary alicyclic amines) is 2. The fourth-order valence-electron chi connectivity index (χ4n) is 5.34. The molecule has 2 saturated heterocycles. The Labute approximate surface area is 205 Å². The lowest BCUT2D eigenvalue weighted by Gasteiger charge is -2.43. The molecule has 2 aromatic heterocycles. The van der Waals surface area contributed by atoms with E-state index < -0.39 is 0 Å². The molecule has 0 saturated carbocycles. The number of nitrogens with zero attached hydrogens (tertiary/aromatic N) is 5. The number of aromatic nitrogens is 3. The molecule has 182 valence electrons. The van der Waals surface area contributed by atoms with Crippen LogP contribution in [0.3, 0.4) is 0 Å². The molecule has 1 aromatic carbocycles. The molecule has 35 heavy (non-hydrogen) atoms. The van der Waals surface area contributed by atoms with Gasteiger partial charge in [-0.25, -0.2) is 9.67 Å². The lowest BCUT2D eigenvalue weighted by molar-refractivity contribution is 0.0374. The summed E-state index contributed by atoms with van der Waals surface area (Å²) in [5.74, 6) is 1.86. The number of hydrogen-bond acceptors (Lipinski definition) is 5. The Kier molecular flexibility index (Phi) is 6.79. The van der Waals surface area contributed by atoms with Gasteiger partial charge in [-0.1, -0.05) is 6.07 Å². The summed E-state index contributed by atoms with van der Waals surface area (Å²) < 4.78 is 6.95. The Hall–Kier alpha value is -3.68. The Morgan fingerprint density at radius 2 is 1.80 bits per heavy atom. The van der Waals surface area contributed by atoms with Crippen molar-refractivity contribution in [1.29, 1.82) is 0 Å². The smallest absolute Gasteiger partial charge is 0.255 e. The SMILES string of the molecule is COc1cccc(C(=O)N2CCC(C3CCCCN3C(=O)c3ccc(-n4cccn4)nc3)CC2)c1. The van der Waals surface area contributed by atoms with Crippen molar-refractivity contribution in [3.63, 3.8) is 0 Å². The third kappa shape index (κ3) is 4.92. The Morgan fingerprint density at radius 1 is 0.943 bits per heavy atom. The number of hydrogen-bond donors (Lipinski definition) is 0. The molecule has 2 aliphatic heterocycles. The zero-order valence-corrected chi connectivity index (χ0v) is 20.0. The van der Waals surface area contributed by atoms with Crippen molar-refractivity contribution >= 4 is 11.8 Å². The van der Waals surface area contributed by atoms with Gasteiger partial charge in [0.05, 0.1) is 12.7 Å². The summed E-state index contributed by atoms with van der Waals surface area (Å²) in [5, 5.41) is 4.20. The molecule has 3 aromatic rings. The van der Waals surface area contributed by atoms with Gasteiger partial charge in [0.15, 0.2) is 5.82 Å². The molecule has 1 atom stereocenters. The first-order chi connectivity index (χ1) is 17.1. The third-order valence-corrected chi connectivity index (χ3v) is 7.23. The molecular formula is C27H31N5O3. The van der Waals surface area contributed by atoms with Crippen molar-refractivity contribution in [1.82, 2.24) is 24.6 Å². The van der Waals surface area contributed by atoms with Gasteiger partial charge in [-0.2, -0.15) is 5.10 Å². The largest absolute Gasteiger partial charge is 0.497 e. The summed E-state index contributed by atoms with van der Waals surface area (Å²) in [4.78, 5) is 34.9. The second-order valence-corrected chi connectivity index (χ2v) is 9.28. The molecule has 0 radical (unpaired) electrons. The highest BCUT2D eigenvalue weighted by atomic mass is 16.5. The van der Waals surface area contributed by atoms with Crippen molar-refractivity contribution < 1.29 is 14.3 Å². The van der Waals surface area contributed by atoms with Crippen molar-refractivity contribution in [2.45, 2.75) is 38.1 Å². The van der Waals surface area contributed by atoms with Gasteiger partial charge in [0.2, 0.25) is 0 Å². The van der Waals surface area contributed by atoms with E-state index in [1.807, 2.05) is 47.5 Å². The van der Waals surface area contributed by atoms with E-state index in [0.29, 0.717) is 41.7 Å². The fraction of sp³-hybridized carbons (Fsp3) is 0.407. The lowest BCUT2D eigenvalue weighted by Crippen LogP contribution is -2.51. The molecule has 0 N–H and O–H groups in total. The topological polar surface area (TPSA) is 80.6 Å². The van der Waals surface area contributed by atoms with Crippen LogP contribution < -0.4 is 4.74 Å². The molecule has 8 nitrogen and oxygen atoms in total. The highest BCUT2D eigenvalue weighted by molar-refractivity contribution is 5.95. The Balaban J connectivity index is 1.24. The van der Waals surface area contributed by atoms with E-state index in [1.165, 1.54) is 0 Å². The highest BCUT2D eigenvalue weighted by Crippen LogP contribution is 2.32. The number of amides is 2. The summed E-state index contributed by atoms with van der Waals surface area (Å²) in [5.41, 5.74) is 1.27. The average molecular weight is 474 g/mol. The van der Waals surface area contributed by atoms with Crippen LogP contribution in [-0.2, 0) is 0 Å². The van der Waals surface area contributed by atoms with Gasteiger partial charge in [-0.15, -0.1) is 0 Å². The van der Waals surface area contributed by atoms with Crippen molar-refractivity contribution in [3.8, 4) is 11.6 Å². The zero-order chi connectivity index (χ0) is 24.2. The Morgan fingerprint density at radius 3 is 2.51 bits per heavy atom. The molecule has 8 heteroatoms. The van der Waals surface area contributed by atoms with Crippen LogP contribution in [-0.4, -0.2) is 69.2 Å². The number of carbonyl (C=O) groups is 2. The molecule has 0 aliphatic carbocycles. The minimum Gasteiger partial charge on any atom is -0.497 e. The molecule has 2 aliphatic rings. The van der Waals surface area contributed by atoms with E-state index in [-0.39, 0.29) is 17.9 Å². The summed E-state index contributed by atoms with van der Waals surface area (Å²) in [7, 11) is 1.61. The highest BCUT2D eigenvalue weighted by Gasteiger charge is 2.36. The molecule has 2 amide bonds. The molecule has 0 spiro atoms.